The van der Waals surface area contributed by atoms with Gasteiger partial charge in [-0.05, 0) is 19.1 Å². The first-order chi connectivity index (χ1) is 11.7. The number of halogens is 1. The van der Waals surface area contributed by atoms with Gasteiger partial charge in [-0.2, -0.15) is 0 Å². The Morgan fingerprint density at radius 2 is 2.08 bits per heavy atom. The molecule has 5 nitrogen and oxygen atoms in total. The highest BCUT2D eigenvalue weighted by Gasteiger charge is 2.14. The third-order valence-corrected chi connectivity index (χ3v) is 3.40. The average Bonchev–Trinajstić information content (AvgIpc) is 2.60. The van der Waals surface area contributed by atoms with Crippen molar-refractivity contribution in [3.8, 4) is 11.6 Å². The number of hydrogen-bond donors (Lipinski definition) is 1. The molecular formula is C18H19ClN2O3. The van der Waals surface area contributed by atoms with Gasteiger partial charge in [-0.15, -0.1) is 0 Å². The molecule has 6 heteroatoms. The molecule has 0 bridgehead atoms. The Hall–Kier alpha value is -2.53. The van der Waals surface area contributed by atoms with Crippen molar-refractivity contribution >= 4 is 17.5 Å². The average molecular weight is 347 g/mol. The van der Waals surface area contributed by atoms with Crippen LogP contribution in [0.2, 0.25) is 5.02 Å². The zero-order valence-electron chi connectivity index (χ0n) is 13.4. The number of carbonyl (C=O) groups excluding carboxylic acids is 1. The van der Waals surface area contributed by atoms with Crippen LogP contribution in [0.1, 0.15) is 23.0 Å². The van der Waals surface area contributed by atoms with Gasteiger partial charge in [-0.1, -0.05) is 42.5 Å². The van der Waals surface area contributed by atoms with Gasteiger partial charge in [0.1, 0.15) is 12.4 Å². The lowest BCUT2D eigenvalue weighted by atomic mass is 10.2. The maximum atomic E-state index is 12.4. The van der Waals surface area contributed by atoms with Gasteiger partial charge in [0.05, 0.1) is 11.6 Å². The van der Waals surface area contributed by atoms with Crippen molar-refractivity contribution in [2.45, 2.75) is 13.5 Å². The number of ether oxygens (including phenoxy) is 2. The van der Waals surface area contributed by atoms with E-state index in [0.717, 1.165) is 5.56 Å². The van der Waals surface area contributed by atoms with Gasteiger partial charge in [0.15, 0.2) is 5.69 Å². The molecule has 0 aliphatic carbocycles. The number of pyridine rings is 1. The van der Waals surface area contributed by atoms with Crippen LogP contribution >= 0.6 is 11.6 Å². The lowest BCUT2D eigenvalue weighted by molar-refractivity contribution is 0.0944. The van der Waals surface area contributed by atoms with Crippen LogP contribution in [0.25, 0.3) is 0 Å². The topological polar surface area (TPSA) is 60.5 Å². The van der Waals surface area contributed by atoms with E-state index in [1.54, 1.807) is 18.2 Å². The van der Waals surface area contributed by atoms with Gasteiger partial charge in [0, 0.05) is 18.2 Å². The molecule has 1 N–H and O–H groups in total. The van der Waals surface area contributed by atoms with Gasteiger partial charge in [-0.25, -0.2) is 4.98 Å². The van der Waals surface area contributed by atoms with Crippen LogP contribution in [0.5, 0.6) is 11.6 Å². The molecule has 126 valence electrons. The first kappa shape index (κ1) is 17.8. The molecule has 0 fully saturated rings. The summed E-state index contributed by atoms with van der Waals surface area (Å²) in [6, 6.07) is 10.7. The van der Waals surface area contributed by atoms with E-state index >= 15 is 0 Å². The number of para-hydroxylation sites is 1. The zero-order valence-corrected chi connectivity index (χ0v) is 14.2. The normalized spacial score (nSPS) is 10.1. The van der Waals surface area contributed by atoms with Crippen molar-refractivity contribution in [1.82, 2.24) is 10.3 Å². The Morgan fingerprint density at radius 1 is 1.29 bits per heavy atom. The maximum Gasteiger partial charge on any atom is 0.271 e. The SMILES string of the molecule is C=CCOc1ccccc1CNC(=O)c1nc(OCC)ccc1Cl. The quantitative estimate of drug-likeness (QED) is 0.741. The predicted molar refractivity (Wildman–Crippen MR) is 93.7 cm³/mol. The second kappa shape index (κ2) is 8.93. The van der Waals surface area contributed by atoms with Crippen LogP contribution in [0.3, 0.4) is 0 Å². The number of nitrogens with zero attached hydrogens (tertiary/aromatic N) is 1. The third-order valence-electron chi connectivity index (χ3n) is 3.10. The van der Waals surface area contributed by atoms with E-state index in [0.29, 0.717) is 31.4 Å². The molecule has 1 aromatic heterocycles. The first-order valence-corrected chi connectivity index (χ1v) is 7.92. The van der Waals surface area contributed by atoms with Crippen LogP contribution in [0, 0.1) is 0 Å². The maximum absolute atomic E-state index is 12.4. The number of benzene rings is 1. The Bertz CT molecular complexity index is 719. The molecule has 1 aromatic carbocycles. The number of aromatic nitrogens is 1. The summed E-state index contributed by atoms with van der Waals surface area (Å²) in [5.41, 5.74) is 0.983. The van der Waals surface area contributed by atoms with Crippen LogP contribution in [0.15, 0.2) is 49.1 Å². The Morgan fingerprint density at radius 3 is 2.83 bits per heavy atom. The molecule has 0 radical (unpaired) electrons. The summed E-state index contributed by atoms with van der Waals surface area (Å²) < 4.78 is 10.9. The summed E-state index contributed by atoms with van der Waals surface area (Å²) in [6.07, 6.45) is 1.66. The Labute approximate surface area is 146 Å². The molecule has 2 rings (SSSR count). The highest BCUT2D eigenvalue weighted by Crippen LogP contribution is 2.20. The van der Waals surface area contributed by atoms with Crippen LogP contribution in [0.4, 0.5) is 0 Å². The summed E-state index contributed by atoms with van der Waals surface area (Å²) in [5, 5.41) is 3.07. The van der Waals surface area contributed by atoms with Crippen LogP contribution < -0.4 is 14.8 Å². The highest BCUT2D eigenvalue weighted by atomic mass is 35.5. The van der Waals surface area contributed by atoms with Crippen LogP contribution in [-0.4, -0.2) is 24.1 Å². The van der Waals surface area contributed by atoms with E-state index in [4.69, 9.17) is 21.1 Å². The monoisotopic (exact) mass is 346 g/mol. The Kier molecular flexibility index (Phi) is 6.63. The number of amides is 1. The molecule has 0 saturated heterocycles. The number of carbonyl (C=O) groups is 1. The van der Waals surface area contributed by atoms with E-state index in [9.17, 15) is 4.79 Å². The molecule has 1 amide bonds. The van der Waals surface area contributed by atoms with E-state index in [-0.39, 0.29) is 16.6 Å². The van der Waals surface area contributed by atoms with Crippen molar-refractivity contribution in [2.75, 3.05) is 13.2 Å². The minimum absolute atomic E-state index is 0.132. The van der Waals surface area contributed by atoms with E-state index < -0.39 is 0 Å². The van der Waals surface area contributed by atoms with Crippen LogP contribution in [-0.2, 0) is 6.54 Å². The summed E-state index contributed by atoms with van der Waals surface area (Å²) in [6.45, 7) is 6.62. The third kappa shape index (κ3) is 4.73. The van der Waals surface area contributed by atoms with Gasteiger partial charge >= 0.3 is 0 Å². The zero-order chi connectivity index (χ0) is 17.4. The summed E-state index contributed by atoms with van der Waals surface area (Å²) >= 11 is 6.06. The molecule has 0 saturated carbocycles. The van der Waals surface area contributed by atoms with E-state index in [1.807, 2.05) is 31.2 Å². The molecule has 24 heavy (non-hydrogen) atoms. The fraction of sp³-hybridized carbons (Fsp3) is 0.222. The first-order valence-electron chi connectivity index (χ1n) is 7.54. The summed E-state index contributed by atoms with van der Waals surface area (Å²) in [7, 11) is 0. The molecule has 0 spiro atoms. The van der Waals surface area contributed by atoms with Gasteiger partial charge in [-0.3, -0.25) is 4.79 Å². The fourth-order valence-corrected chi connectivity index (χ4v) is 2.20. The largest absolute Gasteiger partial charge is 0.489 e. The van der Waals surface area contributed by atoms with Crippen molar-refractivity contribution in [3.05, 3.63) is 65.3 Å². The number of hydrogen-bond acceptors (Lipinski definition) is 4. The predicted octanol–water partition coefficient (Wildman–Crippen LogP) is 3.63. The van der Waals surface area contributed by atoms with Crippen molar-refractivity contribution in [1.29, 1.82) is 0 Å². The van der Waals surface area contributed by atoms with Gasteiger partial charge < -0.3 is 14.8 Å². The minimum Gasteiger partial charge on any atom is -0.489 e. The van der Waals surface area contributed by atoms with E-state index in [1.165, 1.54) is 0 Å². The second-order valence-electron chi connectivity index (χ2n) is 4.80. The highest BCUT2D eigenvalue weighted by molar-refractivity contribution is 6.33. The molecule has 0 atom stereocenters. The standard InChI is InChI=1S/C18H19ClN2O3/c1-3-11-24-15-8-6-5-7-13(15)12-20-18(22)17-14(19)9-10-16(21-17)23-4-2/h3,5-10H,1,4,11-12H2,2H3,(H,20,22). The van der Waals surface area contributed by atoms with Crippen molar-refractivity contribution in [3.63, 3.8) is 0 Å². The minimum atomic E-state index is -0.375. The number of nitrogens with one attached hydrogen (secondary N) is 1. The lowest BCUT2D eigenvalue weighted by Crippen LogP contribution is -2.24. The molecule has 2 aromatic rings. The van der Waals surface area contributed by atoms with Crippen molar-refractivity contribution in [2.24, 2.45) is 0 Å². The smallest absolute Gasteiger partial charge is 0.271 e. The molecule has 0 unspecified atom stereocenters. The van der Waals surface area contributed by atoms with Gasteiger partial charge in [0.2, 0.25) is 5.88 Å². The van der Waals surface area contributed by atoms with Crippen molar-refractivity contribution < 1.29 is 14.3 Å². The lowest BCUT2D eigenvalue weighted by Gasteiger charge is -2.12. The van der Waals surface area contributed by atoms with E-state index in [2.05, 4.69) is 16.9 Å². The fourth-order valence-electron chi connectivity index (χ4n) is 2.01. The molecular weight excluding hydrogens is 328 g/mol. The molecule has 1 heterocycles. The molecule has 0 aliphatic rings. The Balaban J connectivity index is 2.08. The summed E-state index contributed by atoms with van der Waals surface area (Å²) in [5.74, 6) is 0.682. The van der Waals surface area contributed by atoms with Gasteiger partial charge in [0.25, 0.3) is 5.91 Å². The number of rotatable bonds is 8. The summed E-state index contributed by atoms with van der Waals surface area (Å²) in [4.78, 5) is 16.5. The second-order valence-corrected chi connectivity index (χ2v) is 5.21. The molecule has 0 aliphatic heterocycles.